The third-order valence-electron chi connectivity index (χ3n) is 5.47. The lowest BCUT2D eigenvalue weighted by molar-refractivity contribution is 0.749. The van der Waals surface area contributed by atoms with Crippen molar-refractivity contribution in [3.05, 3.63) is 137 Å². The maximum absolute atomic E-state index is 12.2. The Balaban J connectivity index is 1.61. The minimum atomic E-state index is -0.628. The molecule has 3 aromatic carbocycles. The maximum Gasteiger partial charge on any atom is 0.349 e. The Morgan fingerprint density at radius 3 is 2.35 bits per heavy atom. The van der Waals surface area contributed by atoms with E-state index < -0.39 is 11.2 Å². The number of hydrogen-bond acceptors (Lipinski definition) is 4. The molecule has 0 aliphatic heterocycles. The van der Waals surface area contributed by atoms with E-state index >= 15 is 0 Å². The van der Waals surface area contributed by atoms with Crippen molar-refractivity contribution in [2.24, 2.45) is 0 Å². The van der Waals surface area contributed by atoms with Crippen LogP contribution in [0.2, 0.25) is 10.0 Å². The van der Waals surface area contributed by atoms with E-state index in [-0.39, 0.29) is 5.92 Å². The van der Waals surface area contributed by atoms with Crippen LogP contribution in [0.15, 0.2) is 100 Å². The highest BCUT2D eigenvalue weighted by atomic mass is 35.5. The first-order valence-corrected chi connectivity index (χ1v) is 12.0. The molecule has 0 bridgehead atoms. The predicted octanol–water partition coefficient (Wildman–Crippen LogP) is 6.14. The number of H-pyrrole nitrogens is 1. The summed E-state index contributed by atoms with van der Waals surface area (Å²) in [4.78, 5) is 26.9. The van der Waals surface area contributed by atoms with Crippen molar-refractivity contribution in [2.75, 3.05) is 0 Å². The topological polar surface area (TPSA) is 67.8 Å². The van der Waals surface area contributed by atoms with Crippen LogP contribution in [0.1, 0.15) is 21.9 Å². The third kappa shape index (κ3) is 4.48. The van der Waals surface area contributed by atoms with Crippen LogP contribution in [0.4, 0.5) is 0 Å². The summed E-state index contributed by atoms with van der Waals surface area (Å²) >= 11 is 14.6. The summed E-state index contributed by atoms with van der Waals surface area (Å²) in [6, 6.07) is 25.4. The zero-order valence-electron chi connectivity index (χ0n) is 17.6. The van der Waals surface area contributed by atoms with Crippen molar-refractivity contribution in [3.8, 4) is 16.8 Å². The number of benzene rings is 3. The number of aromatic nitrogens is 3. The lowest BCUT2D eigenvalue weighted by Gasteiger charge is -2.19. The normalized spacial score (nSPS) is 11.9. The van der Waals surface area contributed by atoms with Gasteiger partial charge in [-0.05, 0) is 58.0 Å². The molecule has 0 aliphatic carbocycles. The summed E-state index contributed by atoms with van der Waals surface area (Å²) in [5.74, 6) is -0.137. The van der Waals surface area contributed by atoms with E-state index in [9.17, 15) is 9.59 Å². The van der Waals surface area contributed by atoms with Gasteiger partial charge in [-0.15, -0.1) is 11.3 Å². The van der Waals surface area contributed by atoms with Gasteiger partial charge < -0.3 is 0 Å². The van der Waals surface area contributed by atoms with Gasteiger partial charge in [0.05, 0.1) is 5.69 Å². The Morgan fingerprint density at radius 2 is 1.65 bits per heavy atom. The van der Waals surface area contributed by atoms with E-state index in [0.29, 0.717) is 15.7 Å². The molecule has 8 heteroatoms. The molecular weight excluding hydrogens is 489 g/mol. The van der Waals surface area contributed by atoms with Crippen molar-refractivity contribution in [3.63, 3.8) is 0 Å². The molecule has 0 radical (unpaired) electrons. The first-order valence-electron chi connectivity index (χ1n) is 10.4. The second-order valence-corrected chi connectivity index (χ2v) is 9.43. The smallest absolute Gasteiger partial charge is 0.271 e. The molecule has 1 atom stereocenters. The van der Waals surface area contributed by atoms with Crippen LogP contribution < -0.4 is 11.2 Å². The Kier molecular flexibility index (Phi) is 6.20. The summed E-state index contributed by atoms with van der Waals surface area (Å²) in [7, 11) is 0. The minimum absolute atomic E-state index is 0.137. The van der Waals surface area contributed by atoms with Crippen LogP contribution in [-0.2, 0) is 0 Å². The number of thiophene rings is 1. The van der Waals surface area contributed by atoms with Gasteiger partial charge in [-0.3, -0.25) is 9.78 Å². The highest BCUT2D eigenvalue weighted by Gasteiger charge is 2.22. The van der Waals surface area contributed by atoms with Crippen molar-refractivity contribution >= 4 is 34.5 Å². The number of halogens is 2. The largest absolute Gasteiger partial charge is 0.349 e. The Hall–Kier alpha value is -3.45. The van der Waals surface area contributed by atoms with Gasteiger partial charge in [-0.1, -0.05) is 71.7 Å². The second kappa shape index (κ2) is 9.43. The second-order valence-electron chi connectivity index (χ2n) is 7.64. The summed E-state index contributed by atoms with van der Waals surface area (Å²) in [5, 5.41) is 7.19. The number of hydrogen-bond donors (Lipinski definition) is 1. The standard InChI is InChI=1S/C26H17Cl2N3O2S/c27-19-8-6-17(7-9-19)25(23-12-18(15-34-23)16-4-2-1-3-5-16)21-11-10-20(13-22(21)28)31-26(33)30-24(32)14-29-31/h1-15,25H,(H,30,32,33). The monoisotopic (exact) mass is 505 g/mol. The van der Waals surface area contributed by atoms with E-state index in [0.717, 1.165) is 38.0 Å². The molecule has 168 valence electrons. The molecule has 34 heavy (non-hydrogen) atoms. The molecule has 1 N–H and O–H groups in total. The van der Waals surface area contributed by atoms with Crippen molar-refractivity contribution < 1.29 is 0 Å². The van der Waals surface area contributed by atoms with Crippen molar-refractivity contribution in [1.82, 2.24) is 14.8 Å². The fourth-order valence-corrected chi connectivity index (χ4v) is 5.33. The van der Waals surface area contributed by atoms with Crippen LogP contribution in [0.3, 0.4) is 0 Å². The Bertz CT molecular complexity index is 1570. The zero-order valence-corrected chi connectivity index (χ0v) is 19.9. The first kappa shape index (κ1) is 22.3. The number of aromatic amines is 1. The lowest BCUT2D eigenvalue weighted by Crippen LogP contribution is -2.30. The van der Waals surface area contributed by atoms with Crippen molar-refractivity contribution in [1.29, 1.82) is 0 Å². The van der Waals surface area contributed by atoms with Gasteiger partial charge in [0.2, 0.25) is 0 Å². The molecule has 2 aromatic heterocycles. The zero-order chi connectivity index (χ0) is 23.7. The summed E-state index contributed by atoms with van der Waals surface area (Å²) in [6.07, 6.45) is 1.05. The lowest BCUT2D eigenvalue weighted by atomic mass is 9.89. The fourth-order valence-electron chi connectivity index (χ4n) is 3.86. The average Bonchev–Trinajstić information content (AvgIpc) is 3.32. The Morgan fingerprint density at radius 1 is 0.882 bits per heavy atom. The minimum Gasteiger partial charge on any atom is -0.271 e. The quantitative estimate of drug-likeness (QED) is 0.312. The van der Waals surface area contributed by atoms with Crippen LogP contribution in [0.25, 0.3) is 16.8 Å². The molecule has 0 aliphatic rings. The van der Waals surface area contributed by atoms with E-state index in [1.54, 1.807) is 23.5 Å². The van der Waals surface area contributed by atoms with Gasteiger partial charge in [-0.25, -0.2) is 4.79 Å². The molecule has 2 heterocycles. The molecular formula is C26H17Cl2N3O2S. The van der Waals surface area contributed by atoms with Crippen LogP contribution in [0, 0.1) is 0 Å². The molecule has 1 unspecified atom stereocenters. The van der Waals surface area contributed by atoms with Crippen LogP contribution in [-0.4, -0.2) is 14.8 Å². The van der Waals surface area contributed by atoms with Crippen LogP contribution in [0.5, 0.6) is 0 Å². The van der Waals surface area contributed by atoms with E-state index in [2.05, 4.69) is 33.7 Å². The summed E-state index contributed by atoms with van der Waals surface area (Å²) in [6.45, 7) is 0. The van der Waals surface area contributed by atoms with Gasteiger partial charge in [0.15, 0.2) is 0 Å². The molecule has 5 aromatic rings. The number of nitrogens with zero attached hydrogens (tertiary/aromatic N) is 2. The molecule has 0 fully saturated rings. The van der Waals surface area contributed by atoms with Gasteiger partial charge >= 0.3 is 5.69 Å². The molecule has 0 amide bonds. The molecule has 0 spiro atoms. The molecule has 0 saturated heterocycles. The van der Waals surface area contributed by atoms with E-state index in [1.165, 1.54) is 0 Å². The van der Waals surface area contributed by atoms with E-state index in [4.69, 9.17) is 23.2 Å². The average molecular weight is 506 g/mol. The summed E-state index contributed by atoms with van der Waals surface area (Å²) < 4.78 is 1.10. The van der Waals surface area contributed by atoms with E-state index in [1.807, 2.05) is 48.5 Å². The maximum atomic E-state index is 12.2. The van der Waals surface area contributed by atoms with Gasteiger partial charge in [-0.2, -0.15) is 9.78 Å². The third-order valence-corrected chi connectivity index (χ3v) is 7.04. The highest BCUT2D eigenvalue weighted by molar-refractivity contribution is 7.10. The Labute approximate surface area is 208 Å². The first-order chi connectivity index (χ1) is 16.5. The number of nitrogens with one attached hydrogen (secondary N) is 1. The predicted molar refractivity (Wildman–Crippen MR) is 138 cm³/mol. The van der Waals surface area contributed by atoms with Gasteiger partial charge in [0, 0.05) is 20.8 Å². The fraction of sp³-hybridized carbons (Fsp3) is 0.0385. The SMILES string of the molecule is O=c1cnn(-c2ccc(C(c3ccc(Cl)cc3)c3cc(-c4ccccc4)cs3)c(Cl)c2)c(=O)[nH]1. The molecule has 0 saturated carbocycles. The molecule has 5 rings (SSSR count). The summed E-state index contributed by atoms with van der Waals surface area (Å²) in [5.41, 5.74) is 3.48. The van der Waals surface area contributed by atoms with Crippen LogP contribution >= 0.6 is 34.5 Å². The molecule has 5 nitrogen and oxygen atoms in total. The van der Waals surface area contributed by atoms with Gasteiger partial charge in [0.1, 0.15) is 6.20 Å². The van der Waals surface area contributed by atoms with Crippen molar-refractivity contribution in [2.45, 2.75) is 5.92 Å². The van der Waals surface area contributed by atoms with Gasteiger partial charge in [0.25, 0.3) is 5.56 Å². The highest BCUT2D eigenvalue weighted by Crippen LogP contribution is 2.41. The number of rotatable bonds is 5.